The zero-order valence-corrected chi connectivity index (χ0v) is 33.6. The Morgan fingerprint density at radius 3 is 2.41 bits per heavy atom. The summed E-state index contributed by atoms with van der Waals surface area (Å²) in [5.41, 5.74) is -2.44. The average Bonchev–Trinajstić information content (AvgIpc) is 3.79. The molecule has 17 heteroatoms. The van der Waals surface area contributed by atoms with E-state index in [4.69, 9.17) is 19.2 Å². The maximum Gasteiger partial charge on any atom is 0.339 e. The summed E-state index contributed by atoms with van der Waals surface area (Å²) in [6.45, 7) is 13.5. The van der Waals surface area contributed by atoms with Gasteiger partial charge in [0.2, 0.25) is 5.78 Å². The molecule has 0 spiro atoms. The Labute approximate surface area is 339 Å². The number of aromatic carboxylic acids is 1. The van der Waals surface area contributed by atoms with Crippen LogP contribution >= 0.6 is 11.3 Å². The minimum absolute atomic E-state index is 0.0111. The number of esters is 2. The number of cyclic esters (lactones) is 1. The Morgan fingerprint density at radius 2 is 1.78 bits per heavy atom. The van der Waals surface area contributed by atoms with Crippen molar-refractivity contribution >= 4 is 51.9 Å². The highest BCUT2D eigenvalue weighted by Crippen LogP contribution is 2.41. The summed E-state index contributed by atoms with van der Waals surface area (Å²) in [6, 6.07) is 15.3. The second-order valence-corrected chi connectivity index (χ2v) is 15.0. The molecule has 1 N–H and O–H groups in total. The highest BCUT2D eigenvalue weighted by Gasteiger charge is 2.44. The molecular formula is C41H42N8O8S. The number of carboxylic acids is 1. The number of nitrogens with zero attached hydrogens (tertiary/aromatic N) is 8. The first kappa shape index (κ1) is 42.6. The van der Waals surface area contributed by atoms with E-state index in [0.29, 0.717) is 23.0 Å². The number of ether oxygens (including phenoxy) is 3. The molecule has 0 saturated heterocycles. The van der Waals surface area contributed by atoms with Gasteiger partial charge >= 0.3 is 17.9 Å². The van der Waals surface area contributed by atoms with Crippen LogP contribution in [-0.2, 0) is 20.8 Å². The summed E-state index contributed by atoms with van der Waals surface area (Å²) >= 11 is 1.29. The SMILES string of the molecule is C=CCn1c(N=Nc2nc(N(CCOC(=O)c3cc4c(cc3C(=O)O)C(=O)OC(C)(CCC)C4=O)CCOC(C)(C)CC)sc2-c2ccccc2)nc(C#N)c1C#N. The van der Waals surface area contributed by atoms with Gasteiger partial charge in [-0.3, -0.25) is 9.36 Å². The van der Waals surface area contributed by atoms with Gasteiger partial charge in [0.1, 0.15) is 18.7 Å². The number of carbonyl (C=O) groups is 4. The van der Waals surface area contributed by atoms with Crippen LogP contribution in [-0.4, -0.2) is 80.8 Å². The van der Waals surface area contributed by atoms with Crippen LogP contribution in [0.15, 0.2) is 65.3 Å². The van der Waals surface area contributed by atoms with E-state index in [9.17, 15) is 34.8 Å². The van der Waals surface area contributed by atoms with Gasteiger partial charge in [-0.05, 0) is 51.3 Å². The first-order valence-corrected chi connectivity index (χ1v) is 19.3. The van der Waals surface area contributed by atoms with Crippen molar-refractivity contribution in [2.45, 2.75) is 71.6 Å². The standard InChI is InChI=1S/C41H42N8O8S/c1-7-15-41(6)33(50)26-21-29(27(35(51)52)22-28(26)37(54)57-41)36(53)55-19-17-48(18-20-56-40(4,5)9-3)39-45-34(32(58-39)25-13-11-10-12-14-25)46-47-38-44-30(23-42)31(24-43)49(38)16-8-2/h8,10-14,21-22H,2,7,9,15-20H2,1,3-6H3,(H,51,52). The van der Waals surface area contributed by atoms with Crippen LogP contribution in [0.4, 0.5) is 16.9 Å². The third-order valence-corrected chi connectivity index (χ3v) is 10.7. The third kappa shape index (κ3) is 9.18. The molecule has 0 aliphatic carbocycles. The minimum atomic E-state index is -1.49. The molecule has 1 atom stereocenters. The first-order chi connectivity index (χ1) is 27.7. The molecule has 0 radical (unpaired) electrons. The molecule has 16 nitrogen and oxygen atoms in total. The lowest BCUT2D eigenvalue weighted by Gasteiger charge is -2.33. The van der Waals surface area contributed by atoms with Crippen LogP contribution in [0.25, 0.3) is 10.4 Å². The minimum Gasteiger partial charge on any atom is -0.478 e. The number of aromatic nitrogens is 3. The van der Waals surface area contributed by atoms with E-state index in [1.54, 1.807) is 0 Å². The van der Waals surface area contributed by atoms with Crippen molar-refractivity contribution in [3.05, 3.63) is 88.8 Å². The monoisotopic (exact) mass is 806 g/mol. The Morgan fingerprint density at radius 1 is 1.07 bits per heavy atom. The van der Waals surface area contributed by atoms with Gasteiger partial charge in [0.15, 0.2) is 27.9 Å². The number of azo groups is 1. The fourth-order valence-corrected chi connectivity index (χ4v) is 7.14. The number of benzene rings is 2. The van der Waals surface area contributed by atoms with Crippen LogP contribution in [0.5, 0.6) is 0 Å². The van der Waals surface area contributed by atoms with Crippen molar-refractivity contribution in [1.82, 2.24) is 14.5 Å². The molecule has 0 saturated carbocycles. The summed E-state index contributed by atoms with van der Waals surface area (Å²) in [5, 5.41) is 38.4. The number of fused-ring (bicyclic) bond motifs is 1. The van der Waals surface area contributed by atoms with Crippen LogP contribution in [0, 0.1) is 22.7 Å². The molecular weight excluding hydrogens is 765 g/mol. The number of rotatable bonds is 18. The summed E-state index contributed by atoms with van der Waals surface area (Å²) in [6.07, 6.45) is 3.06. The lowest BCUT2D eigenvalue weighted by molar-refractivity contribution is -0.0162. The zero-order chi connectivity index (χ0) is 42.2. The van der Waals surface area contributed by atoms with Crippen molar-refractivity contribution in [3.8, 4) is 22.6 Å². The van der Waals surface area contributed by atoms with Gasteiger partial charge in [-0.15, -0.1) is 16.8 Å². The van der Waals surface area contributed by atoms with Gasteiger partial charge in [0.25, 0.3) is 5.95 Å². The molecule has 0 fully saturated rings. The molecule has 4 aromatic rings. The lowest BCUT2D eigenvalue weighted by Crippen LogP contribution is -2.45. The summed E-state index contributed by atoms with van der Waals surface area (Å²) in [7, 11) is 0. The fraction of sp³-hybridized carbons (Fsp3) is 0.366. The number of allylic oxidation sites excluding steroid dienone is 1. The van der Waals surface area contributed by atoms with E-state index in [-0.39, 0.29) is 72.6 Å². The van der Waals surface area contributed by atoms with Crippen molar-refractivity contribution < 1.29 is 38.5 Å². The quantitative estimate of drug-likeness (QED) is 0.0576. The summed E-state index contributed by atoms with van der Waals surface area (Å²) < 4.78 is 18.6. The van der Waals surface area contributed by atoms with E-state index >= 15 is 0 Å². The van der Waals surface area contributed by atoms with Crippen LogP contribution < -0.4 is 4.90 Å². The molecule has 0 bridgehead atoms. The predicted octanol–water partition coefficient (Wildman–Crippen LogP) is 7.83. The largest absolute Gasteiger partial charge is 0.478 e. The number of hydrogen-bond donors (Lipinski definition) is 1. The average molecular weight is 807 g/mol. The van der Waals surface area contributed by atoms with Crippen LogP contribution in [0.2, 0.25) is 0 Å². The fourth-order valence-electron chi connectivity index (χ4n) is 6.08. The number of carbonyl (C=O) groups excluding carboxylic acids is 3. The van der Waals surface area contributed by atoms with E-state index < -0.39 is 40.5 Å². The van der Waals surface area contributed by atoms with E-state index in [1.165, 1.54) is 28.9 Å². The normalized spacial score (nSPS) is 15.0. The Bertz CT molecular complexity index is 2350. The number of hydrogen-bond acceptors (Lipinski definition) is 15. The number of imidazole rings is 1. The van der Waals surface area contributed by atoms with Crippen molar-refractivity contribution in [1.29, 1.82) is 10.5 Å². The number of ketones is 1. The number of nitriles is 2. The number of thiazole rings is 1. The highest BCUT2D eigenvalue weighted by atomic mass is 32.1. The molecule has 1 aliphatic rings. The van der Waals surface area contributed by atoms with Crippen LogP contribution in [0.1, 0.15) is 107 Å². The smallest absolute Gasteiger partial charge is 0.339 e. The number of carboxylic acid groups (broad SMARTS) is 1. The second kappa shape index (κ2) is 18.1. The summed E-state index contributed by atoms with van der Waals surface area (Å²) in [5.74, 6) is -3.66. The van der Waals surface area contributed by atoms with Crippen LogP contribution in [0.3, 0.4) is 0 Å². The maximum atomic E-state index is 13.6. The van der Waals surface area contributed by atoms with Crippen molar-refractivity contribution in [2.24, 2.45) is 10.2 Å². The molecule has 1 unspecified atom stereocenters. The molecule has 0 amide bonds. The van der Waals surface area contributed by atoms with Gasteiger partial charge < -0.3 is 24.2 Å². The van der Waals surface area contributed by atoms with Crippen molar-refractivity contribution in [3.63, 3.8) is 0 Å². The molecule has 3 heterocycles. The van der Waals surface area contributed by atoms with E-state index in [2.05, 4.69) is 21.8 Å². The molecule has 1 aliphatic heterocycles. The topological polar surface area (TPSA) is 222 Å². The van der Waals surface area contributed by atoms with Gasteiger partial charge in [0, 0.05) is 18.7 Å². The van der Waals surface area contributed by atoms with E-state index in [1.807, 2.05) is 75.1 Å². The van der Waals surface area contributed by atoms with Gasteiger partial charge in [-0.1, -0.05) is 68.0 Å². The Balaban J connectivity index is 1.48. The first-order valence-electron chi connectivity index (χ1n) is 18.5. The summed E-state index contributed by atoms with van der Waals surface area (Å²) in [4.78, 5) is 63.7. The van der Waals surface area contributed by atoms with Gasteiger partial charge in [-0.2, -0.15) is 20.5 Å². The van der Waals surface area contributed by atoms with E-state index in [0.717, 1.165) is 24.1 Å². The van der Waals surface area contributed by atoms with Crippen molar-refractivity contribution in [2.75, 3.05) is 31.2 Å². The number of anilines is 1. The third-order valence-electron chi connectivity index (χ3n) is 9.51. The van der Waals surface area contributed by atoms with Gasteiger partial charge in [-0.25, -0.2) is 14.4 Å². The molecule has 2 aromatic carbocycles. The Kier molecular flexibility index (Phi) is 13.3. The molecule has 300 valence electrons. The lowest BCUT2D eigenvalue weighted by atomic mass is 9.83. The predicted molar refractivity (Wildman–Crippen MR) is 213 cm³/mol. The maximum absolute atomic E-state index is 13.6. The van der Waals surface area contributed by atoms with Gasteiger partial charge in [0.05, 0.1) is 40.3 Å². The second-order valence-electron chi connectivity index (χ2n) is 14.0. The molecule has 2 aromatic heterocycles. The molecule has 5 rings (SSSR count). The molecule has 58 heavy (non-hydrogen) atoms. The Hall–Kier alpha value is -6.56. The number of Topliss-reactive ketones (excluding diaryl/α,β-unsaturated/α-hetero) is 1. The zero-order valence-electron chi connectivity index (χ0n) is 32.8. The highest BCUT2D eigenvalue weighted by molar-refractivity contribution is 7.19.